The van der Waals surface area contributed by atoms with Crippen molar-refractivity contribution in [1.82, 2.24) is 19.2 Å². The minimum absolute atomic E-state index is 0.0108. The third-order valence-corrected chi connectivity index (χ3v) is 5.43. The molecule has 0 aliphatic rings. The Morgan fingerprint density at radius 1 is 1.20 bits per heavy atom. The smallest absolute Gasteiger partial charge is 0.270 e. The number of thioether (sulfide) groups is 1. The lowest BCUT2D eigenvalue weighted by molar-refractivity contribution is -0.384. The lowest BCUT2D eigenvalue weighted by atomic mass is 10.1. The number of allylic oxidation sites excluding steroid dienone is 1. The number of para-hydroxylation sites is 1. The first-order chi connectivity index (χ1) is 14.5. The highest BCUT2D eigenvalue weighted by Gasteiger charge is 2.18. The van der Waals surface area contributed by atoms with E-state index in [1.165, 1.54) is 28.8 Å². The van der Waals surface area contributed by atoms with E-state index in [1.54, 1.807) is 28.7 Å². The minimum atomic E-state index is -0.541. The van der Waals surface area contributed by atoms with Crippen LogP contribution in [0.4, 0.5) is 5.69 Å². The third-order valence-electron chi connectivity index (χ3n) is 4.50. The van der Waals surface area contributed by atoms with Gasteiger partial charge in [-0.3, -0.25) is 28.7 Å². The largest absolute Gasteiger partial charge is 0.293 e. The monoisotopic (exact) mass is 421 g/mol. The van der Waals surface area contributed by atoms with E-state index < -0.39 is 4.92 Å². The molecule has 0 fully saturated rings. The Bertz CT molecular complexity index is 1370. The van der Waals surface area contributed by atoms with Gasteiger partial charge in [-0.1, -0.05) is 42.1 Å². The van der Waals surface area contributed by atoms with E-state index in [1.807, 2.05) is 6.07 Å². The van der Waals surface area contributed by atoms with Crippen LogP contribution < -0.4 is 5.56 Å². The molecule has 2 aromatic heterocycles. The molecule has 0 spiro atoms. The van der Waals surface area contributed by atoms with Crippen molar-refractivity contribution in [2.75, 3.05) is 5.75 Å². The average Bonchev–Trinajstić information content (AvgIpc) is 3.19. The zero-order chi connectivity index (χ0) is 21.3. The van der Waals surface area contributed by atoms with Crippen molar-refractivity contribution in [2.24, 2.45) is 0 Å². The first kappa shape index (κ1) is 19.5. The number of non-ortho nitro benzene ring substituents is 1. The van der Waals surface area contributed by atoms with Crippen LogP contribution in [0.25, 0.3) is 16.7 Å². The van der Waals surface area contributed by atoms with Crippen molar-refractivity contribution >= 4 is 39.9 Å². The predicted octanol–water partition coefficient (Wildman–Crippen LogP) is 3.11. The number of Topliss-reactive ketones (excluding diaryl/α,β-unsaturated/α-hetero) is 1. The van der Waals surface area contributed by atoms with Crippen LogP contribution >= 0.6 is 11.8 Å². The van der Waals surface area contributed by atoms with E-state index >= 15 is 0 Å². The molecular formula is C20H15N5O4S. The number of hydrogen-bond donors (Lipinski definition) is 0. The molecule has 0 aliphatic carbocycles. The SMILES string of the molecule is C=CCn1c(=O)c2ccccc2n2c(SCC(=O)c3cccc([N+](=O)[O-])c3)nnc12. The maximum atomic E-state index is 12.8. The van der Waals surface area contributed by atoms with E-state index in [2.05, 4.69) is 16.8 Å². The summed E-state index contributed by atoms with van der Waals surface area (Å²) in [6, 6.07) is 12.7. The highest BCUT2D eigenvalue weighted by atomic mass is 32.2. The Morgan fingerprint density at radius 2 is 2.00 bits per heavy atom. The van der Waals surface area contributed by atoms with E-state index in [-0.39, 0.29) is 34.9 Å². The second-order valence-corrected chi connectivity index (χ2v) is 7.30. The minimum Gasteiger partial charge on any atom is -0.293 e. The molecule has 10 heteroatoms. The number of carbonyl (C=O) groups excluding carboxylic acids is 1. The summed E-state index contributed by atoms with van der Waals surface area (Å²) in [6.07, 6.45) is 1.60. The Kier molecular flexibility index (Phi) is 5.15. The van der Waals surface area contributed by atoms with Gasteiger partial charge in [0.15, 0.2) is 10.9 Å². The van der Waals surface area contributed by atoms with Gasteiger partial charge >= 0.3 is 0 Å². The molecule has 0 amide bonds. The van der Waals surface area contributed by atoms with E-state index in [0.717, 1.165) is 11.8 Å². The Morgan fingerprint density at radius 3 is 2.77 bits per heavy atom. The Balaban J connectivity index is 1.73. The number of aromatic nitrogens is 4. The fourth-order valence-electron chi connectivity index (χ4n) is 3.13. The number of benzene rings is 2. The van der Waals surface area contributed by atoms with Crippen LogP contribution in [0.5, 0.6) is 0 Å². The van der Waals surface area contributed by atoms with E-state index in [0.29, 0.717) is 21.8 Å². The Labute approximate surface area is 173 Å². The van der Waals surface area contributed by atoms with Crippen molar-refractivity contribution in [1.29, 1.82) is 0 Å². The number of hydrogen-bond acceptors (Lipinski definition) is 7. The first-order valence-corrected chi connectivity index (χ1v) is 9.88. The van der Waals surface area contributed by atoms with Gasteiger partial charge in [-0.25, -0.2) is 0 Å². The first-order valence-electron chi connectivity index (χ1n) is 8.89. The number of carbonyl (C=O) groups is 1. The third kappa shape index (κ3) is 3.37. The highest BCUT2D eigenvalue weighted by molar-refractivity contribution is 7.99. The maximum absolute atomic E-state index is 12.8. The number of fused-ring (bicyclic) bond motifs is 3. The number of nitro benzene ring substituents is 1. The normalized spacial score (nSPS) is 11.1. The van der Waals surface area contributed by atoms with Gasteiger partial charge in [-0.15, -0.1) is 16.8 Å². The van der Waals surface area contributed by atoms with Crippen LogP contribution in [-0.2, 0) is 6.54 Å². The highest BCUT2D eigenvalue weighted by Crippen LogP contribution is 2.23. The molecule has 150 valence electrons. The molecule has 0 atom stereocenters. The summed E-state index contributed by atoms with van der Waals surface area (Å²) in [4.78, 5) is 35.8. The fourth-order valence-corrected chi connectivity index (χ4v) is 3.96. The molecule has 0 unspecified atom stereocenters. The van der Waals surface area contributed by atoms with Crippen LogP contribution in [0, 0.1) is 10.1 Å². The van der Waals surface area contributed by atoms with Crippen molar-refractivity contribution in [3.63, 3.8) is 0 Å². The van der Waals surface area contributed by atoms with Gasteiger partial charge in [0.1, 0.15) is 0 Å². The van der Waals surface area contributed by atoms with Gasteiger partial charge < -0.3 is 0 Å². The summed E-state index contributed by atoms with van der Waals surface area (Å²) in [5.74, 6) is 0.0877. The zero-order valence-corrected chi connectivity index (χ0v) is 16.4. The summed E-state index contributed by atoms with van der Waals surface area (Å²) < 4.78 is 3.19. The van der Waals surface area contributed by atoms with Crippen molar-refractivity contribution in [3.8, 4) is 0 Å². The van der Waals surface area contributed by atoms with Gasteiger partial charge in [0.2, 0.25) is 5.78 Å². The molecule has 4 aromatic rings. The van der Waals surface area contributed by atoms with Crippen LogP contribution in [0.15, 0.2) is 71.1 Å². The summed E-state index contributed by atoms with van der Waals surface area (Å²) in [7, 11) is 0. The number of nitro groups is 1. The van der Waals surface area contributed by atoms with Crippen LogP contribution in [0.3, 0.4) is 0 Å². The predicted molar refractivity (Wildman–Crippen MR) is 113 cm³/mol. The number of nitrogens with zero attached hydrogens (tertiary/aromatic N) is 5. The van der Waals surface area contributed by atoms with Crippen molar-refractivity contribution in [3.05, 3.63) is 87.2 Å². The van der Waals surface area contributed by atoms with E-state index in [9.17, 15) is 19.7 Å². The van der Waals surface area contributed by atoms with Crippen LogP contribution in [0.1, 0.15) is 10.4 Å². The molecule has 0 saturated carbocycles. The van der Waals surface area contributed by atoms with Crippen molar-refractivity contribution in [2.45, 2.75) is 11.7 Å². The van der Waals surface area contributed by atoms with Gasteiger partial charge in [0, 0.05) is 24.2 Å². The molecule has 0 N–H and O–H groups in total. The average molecular weight is 421 g/mol. The van der Waals surface area contributed by atoms with Gasteiger partial charge in [0.25, 0.3) is 11.2 Å². The molecular weight excluding hydrogens is 406 g/mol. The Hall–Kier alpha value is -3.79. The van der Waals surface area contributed by atoms with Gasteiger partial charge in [0.05, 0.1) is 21.6 Å². The van der Waals surface area contributed by atoms with Gasteiger partial charge in [-0.2, -0.15) is 0 Å². The topological polar surface area (TPSA) is 112 Å². The molecule has 30 heavy (non-hydrogen) atoms. The second kappa shape index (κ2) is 7.91. The molecule has 0 radical (unpaired) electrons. The molecule has 2 aromatic carbocycles. The van der Waals surface area contributed by atoms with E-state index in [4.69, 9.17) is 0 Å². The molecule has 9 nitrogen and oxygen atoms in total. The summed E-state index contributed by atoms with van der Waals surface area (Å²) in [6.45, 7) is 3.95. The number of ketones is 1. The quantitative estimate of drug-likeness (QED) is 0.148. The summed E-state index contributed by atoms with van der Waals surface area (Å²) >= 11 is 1.15. The molecule has 4 rings (SSSR count). The lowest BCUT2D eigenvalue weighted by Crippen LogP contribution is -2.22. The fraction of sp³-hybridized carbons (Fsp3) is 0.100. The lowest BCUT2D eigenvalue weighted by Gasteiger charge is -2.09. The standard InChI is InChI=1S/C20H15N5O4S/c1-2-10-23-18(27)15-8-3-4-9-16(15)24-19(23)21-22-20(24)30-12-17(26)13-6-5-7-14(11-13)25(28)29/h2-9,11H,1,10,12H2. The molecule has 0 aliphatic heterocycles. The molecule has 2 heterocycles. The second-order valence-electron chi connectivity index (χ2n) is 6.36. The zero-order valence-electron chi connectivity index (χ0n) is 15.6. The summed E-state index contributed by atoms with van der Waals surface area (Å²) in [5, 5.41) is 20.2. The molecule has 0 saturated heterocycles. The molecule has 0 bridgehead atoms. The van der Waals surface area contributed by atoms with Gasteiger partial charge in [-0.05, 0) is 12.1 Å². The number of rotatable bonds is 7. The van der Waals surface area contributed by atoms with Crippen LogP contribution in [0.2, 0.25) is 0 Å². The maximum Gasteiger partial charge on any atom is 0.270 e. The van der Waals surface area contributed by atoms with Crippen molar-refractivity contribution < 1.29 is 9.72 Å². The summed E-state index contributed by atoms with van der Waals surface area (Å²) in [5.41, 5.74) is 0.542. The van der Waals surface area contributed by atoms with Crippen LogP contribution in [-0.4, -0.2) is 35.6 Å².